The highest BCUT2D eigenvalue weighted by Gasteiger charge is 2.39. The van der Waals surface area contributed by atoms with Crippen molar-refractivity contribution >= 4 is 9.84 Å². The SMILES string of the molecule is CC1CS(=O)(=O)CCN1C1CCCC(N)(CO)C1. The zero-order chi connectivity index (χ0) is 13.4. The van der Waals surface area contributed by atoms with Gasteiger partial charge in [-0.25, -0.2) is 8.42 Å². The Morgan fingerprint density at radius 3 is 2.83 bits per heavy atom. The molecule has 1 saturated carbocycles. The molecule has 2 fully saturated rings. The maximum atomic E-state index is 11.6. The molecule has 1 aliphatic carbocycles. The van der Waals surface area contributed by atoms with Gasteiger partial charge in [0.1, 0.15) is 0 Å². The minimum Gasteiger partial charge on any atom is -0.394 e. The fraction of sp³-hybridized carbons (Fsp3) is 1.00. The first kappa shape index (κ1) is 14.2. The molecule has 6 heteroatoms. The standard InChI is InChI=1S/C12H24N2O3S/c1-10-8-18(16,17)6-5-14(10)11-3-2-4-12(13,7-11)9-15/h10-11,15H,2-9,13H2,1H3. The van der Waals surface area contributed by atoms with Crippen LogP contribution in [0.3, 0.4) is 0 Å². The molecule has 0 radical (unpaired) electrons. The highest BCUT2D eigenvalue weighted by Crippen LogP contribution is 2.31. The Kier molecular flexibility index (Phi) is 4.02. The van der Waals surface area contributed by atoms with Gasteiger partial charge in [0.15, 0.2) is 9.84 Å². The zero-order valence-corrected chi connectivity index (χ0v) is 11.8. The highest BCUT2D eigenvalue weighted by atomic mass is 32.2. The summed E-state index contributed by atoms with van der Waals surface area (Å²) in [6.07, 6.45) is 3.70. The average Bonchev–Trinajstić information content (AvgIpc) is 2.28. The first-order chi connectivity index (χ1) is 8.35. The third-order valence-corrected chi connectivity index (χ3v) is 6.15. The monoisotopic (exact) mass is 276 g/mol. The maximum Gasteiger partial charge on any atom is 0.153 e. The number of aliphatic hydroxyl groups excluding tert-OH is 1. The van der Waals surface area contributed by atoms with E-state index in [0.29, 0.717) is 12.6 Å². The number of aliphatic hydroxyl groups is 1. The van der Waals surface area contributed by atoms with E-state index in [2.05, 4.69) is 4.90 Å². The summed E-state index contributed by atoms with van der Waals surface area (Å²) in [5.41, 5.74) is 5.69. The van der Waals surface area contributed by atoms with Crippen LogP contribution in [0.5, 0.6) is 0 Å². The quantitative estimate of drug-likeness (QED) is 0.726. The fourth-order valence-corrected chi connectivity index (χ4v) is 4.93. The van der Waals surface area contributed by atoms with Gasteiger partial charge in [-0.1, -0.05) is 0 Å². The van der Waals surface area contributed by atoms with Crippen LogP contribution in [0.1, 0.15) is 32.6 Å². The van der Waals surface area contributed by atoms with Gasteiger partial charge in [-0.15, -0.1) is 0 Å². The van der Waals surface area contributed by atoms with Crippen LogP contribution in [0.25, 0.3) is 0 Å². The third-order valence-electron chi connectivity index (χ3n) is 4.36. The highest BCUT2D eigenvalue weighted by molar-refractivity contribution is 7.91. The Balaban J connectivity index is 2.04. The van der Waals surface area contributed by atoms with Crippen LogP contribution in [0.4, 0.5) is 0 Å². The predicted molar refractivity (Wildman–Crippen MR) is 71.1 cm³/mol. The summed E-state index contributed by atoms with van der Waals surface area (Å²) < 4.78 is 23.2. The smallest absolute Gasteiger partial charge is 0.153 e. The van der Waals surface area contributed by atoms with Crippen LogP contribution in [-0.4, -0.2) is 60.7 Å². The van der Waals surface area contributed by atoms with E-state index < -0.39 is 15.4 Å². The second-order valence-electron chi connectivity index (χ2n) is 5.97. The molecule has 0 aromatic heterocycles. The Morgan fingerprint density at radius 1 is 1.50 bits per heavy atom. The second kappa shape index (κ2) is 5.07. The molecule has 18 heavy (non-hydrogen) atoms. The molecule has 0 aromatic carbocycles. The van der Waals surface area contributed by atoms with E-state index >= 15 is 0 Å². The molecule has 0 aromatic rings. The van der Waals surface area contributed by atoms with E-state index in [1.165, 1.54) is 0 Å². The summed E-state index contributed by atoms with van der Waals surface area (Å²) in [5, 5.41) is 9.38. The molecule has 1 saturated heterocycles. The molecule has 106 valence electrons. The molecular weight excluding hydrogens is 252 g/mol. The maximum absolute atomic E-state index is 11.6. The van der Waals surface area contributed by atoms with Gasteiger partial charge in [0.05, 0.1) is 18.1 Å². The molecule has 5 nitrogen and oxygen atoms in total. The zero-order valence-electron chi connectivity index (χ0n) is 11.0. The molecule has 0 bridgehead atoms. The van der Waals surface area contributed by atoms with Gasteiger partial charge in [0.25, 0.3) is 0 Å². The van der Waals surface area contributed by atoms with Gasteiger partial charge >= 0.3 is 0 Å². The third kappa shape index (κ3) is 3.04. The lowest BCUT2D eigenvalue weighted by atomic mass is 9.79. The molecule has 0 spiro atoms. The molecule has 2 aliphatic rings. The van der Waals surface area contributed by atoms with Crippen molar-refractivity contribution in [3.8, 4) is 0 Å². The Bertz CT molecular complexity index is 398. The summed E-state index contributed by atoms with van der Waals surface area (Å²) in [5.74, 6) is 0.505. The van der Waals surface area contributed by atoms with Crippen molar-refractivity contribution in [2.24, 2.45) is 5.73 Å². The number of nitrogens with zero attached hydrogens (tertiary/aromatic N) is 1. The van der Waals surface area contributed by atoms with Crippen LogP contribution < -0.4 is 5.73 Å². The van der Waals surface area contributed by atoms with Gasteiger partial charge in [-0.3, -0.25) is 4.90 Å². The first-order valence-electron chi connectivity index (χ1n) is 6.71. The summed E-state index contributed by atoms with van der Waals surface area (Å²) in [6.45, 7) is 2.60. The summed E-state index contributed by atoms with van der Waals surface area (Å²) in [7, 11) is -2.86. The van der Waals surface area contributed by atoms with Gasteiger partial charge < -0.3 is 10.8 Å². The topological polar surface area (TPSA) is 83.6 Å². The summed E-state index contributed by atoms with van der Waals surface area (Å²) in [6, 6.07) is 0.385. The van der Waals surface area contributed by atoms with E-state index in [0.717, 1.165) is 25.7 Å². The fourth-order valence-electron chi connectivity index (χ4n) is 3.34. The van der Waals surface area contributed by atoms with Gasteiger partial charge in [-0.05, 0) is 32.6 Å². The Hall–Kier alpha value is -0.170. The minimum absolute atomic E-state index is 0.0179. The molecule has 1 aliphatic heterocycles. The van der Waals surface area contributed by atoms with Gasteiger partial charge in [-0.2, -0.15) is 0 Å². The number of hydrogen-bond donors (Lipinski definition) is 2. The predicted octanol–water partition coefficient (Wildman–Crippen LogP) is -0.262. The lowest BCUT2D eigenvalue weighted by molar-refractivity contribution is 0.0655. The average molecular weight is 276 g/mol. The second-order valence-corrected chi connectivity index (χ2v) is 8.20. The van der Waals surface area contributed by atoms with Crippen molar-refractivity contribution in [3.63, 3.8) is 0 Å². The van der Waals surface area contributed by atoms with Crippen LogP contribution in [-0.2, 0) is 9.84 Å². The molecule has 2 rings (SSSR count). The van der Waals surface area contributed by atoms with Crippen LogP contribution in [0.15, 0.2) is 0 Å². The molecule has 3 unspecified atom stereocenters. The normalized spacial score (nSPS) is 41.7. The van der Waals surface area contributed by atoms with E-state index in [9.17, 15) is 13.5 Å². The van der Waals surface area contributed by atoms with Gasteiger partial charge in [0.2, 0.25) is 0 Å². The lowest BCUT2D eigenvalue weighted by Gasteiger charge is -2.45. The number of sulfone groups is 1. The molecule has 0 amide bonds. The van der Waals surface area contributed by atoms with Crippen molar-refractivity contribution < 1.29 is 13.5 Å². The van der Waals surface area contributed by atoms with Crippen LogP contribution >= 0.6 is 0 Å². The Labute approximate surface area is 109 Å². The number of rotatable bonds is 2. The molecule has 3 N–H and O–H groups in total. The van der Waals surface area contributed by atoms with Crippen molar-refractivity contribution in [1.29, 1.82) is 0 Å². The summed E-state index contributed by atoms with van der Waals surface area (Å²) in [4.78, 5) is 2.28. The van der Waals surface area contributed by atoms with E-state index in [1.54, 1.807) is 0 Å². The largest absolute Gasteiger partial charge is 0.394 e. The van der Waals surface area contributed by atoms with Crippen molar-refractivity contribution in [2.45, 2.75) is 50.2 Å². The minimum atomic E-state index is -2.86. The van der Waals surface area contributed by atoms with E-state index in [1.807, 2.05) is 6.92 Å². The first-order valence-corrected chi connectivity index (χ1v) is 8.53. The lowest BCUT2D eigenvalue weighted by Crippen LogP contribution is -2.58. The van der Waals surface area contributed by atoms with Crippen LogP contribution in [0.2, 0.25) is 0 Å². The van der Waals surface area contributed by atoms with Gasteiger partial charge in [0, 0.05) is 24.2 Å². The molecular formula is C12H24N2O3S. The van der Waals surface area contributed by atoms with E-state index in [-0.39, 0.29) is 24.2 Å². The molecule has 3 atom stereocenters. The summed E-state index contributed by atoms with van der Waals surface area (Å²) >= 11 is 0. The van der Waals surface area contributed by atoms with Crippen LogP contribution in [0, 0.1) is 0 Å². The van der Waals surface area contributed by atoms with Crippen molar-refractivity contribution in [2.75, 3.05) is 24.7 Å². The van der Waals surface area contributed by atoms with Crippen molar-refractivity contribution in [3.05, 3.63) is 0 Å². The molecule has 1 heterocycles. The number of hydrogen-bond acceptors (Lipinski definition) is 5. The van der Waals surface area contributed by atoms with Crippen molar-refractivity contribution in [1.82, 2.24) is 4.90 Å². The number of nitrogens with two attached hydrogens (primary N) is 1. The Morgan fingerprint density at radius 2 is 2.22 bits per heavy atom. The van der Waals surface area contributed by atoms with E-state index in [4.69, 9.17) is 5.73 Å².